The number of carbonyl (C=O) groups is 1. The van der Waals surface area contributed by atoms with Gasteiger partial charge in [-0.3, -0.25) is 0 Å². The van der Waals surface area contributed by atoms with Gasteiger partial charge < -0.3 is 14.0 Å². The van der Waals surface area contributed by atoms with Gasteiger partial charge in [0, 0.05) is 6.08 Å². The van der Waals surface area contributed by atoms with Crippen LogP contribution in [0.15, 0.2) is 12.7 Å². The van der Waals surface area contributed by atoms with Crippen molar-refractivity contribution in [2.45, 2.75) is 6.04 Å². The van der Waals surface area contributed by atoms with Crippen LogP contribution in [0.3, 0.4) is 0 Å². The summed E-state index contributed by atoms with van der Waals surface area (Å²) in [4.78, 5) is 10.6. The van der Waals surface area contributed by atoms with Crippen molar-refractivity contribution >= 4 is 35.9 Å². The third kappa shape index (κ3) is 7.88. The summed E-state index contributed by atoms with van der Waals surface area (Å²) in [6, 6.07) is 1.01. The Balaban J connectivity index is 3.00. The highest BCUT2D eigenvalue weighted by atomic mass is 28.3. The largest absolute Gasteiger partial charge is 0.463 e. The van der Waals surface area contributed by atoms with Crippen molar-refractivity contribution in [1.29, 1.82) is 0 Å². The summed E-state index contributed by atoms with van der Waals surface area (Å²) in [6.07, 6.45) is 1.20. The van der Waals surface area contributed by atoms with Crippen molar-refractivity contribution in [3.63, 3.8) is 0 Å². The molecule has 0 rings (SSSR count). The highest BCUT2D eigenvalue weighted by Gasteiger charge is 1.94. The maximum atomic E-state index is 10.6. The summed E-state index contributed by atoms with van der Waals surface area (Å²) in [5, 5.41) is 0. The molecule has 0 fully saturated rings. The first-order valence-corrected chi connectivity index (χ1v) is 8.08. The van der Waals surface area contributed by atoms with Gasteiger partial charge >= 0.3 is 5.97 Å². The molecule has 2 N–H and O–H groups in total. The van der Waals surface area contributed by atoms with E-state index in [1.807, 2.05) is 0 Å². The molecule has 4 nitrogen and oxygen atoms in total. The van der Waals surface area contributed by atoms with Gasteiger partial charge in [-0.1, -0.05) is 6.58 Å². The van der Waals surface area contributed by atoms with Crippen LogP contribution in [0.1, 0.15) is 0 Å². The number of ether oxygens (including phenoxy) is 1. The Kier molecular flexibility index (Phi) is 8.71. The predicted molar refractivity (Wildman–Crippen MR) is 59.3 cm³/mol. The molecule has 0 amide bonds. The summed E-state index contributed by atoms with van der Waals surface area (Å²) >= 11 is 0. The van der Waals surface area contributed by atoms with E-state index in [9.17, 15) is 4.79 Å². The quantitative estimate of drug-likeness (QED) is 0.204. The highest BCUT2D eigenvalue weighted by Crippen LogP contribution is 1.82. The Morgan fingerprint density at radius 3 is 3.08 bits per heavy atom. The zero-order valence-corrected chi connectivity index (χ0v) is 12.3. The molecule has 0 aliphatic rings. The molecule has 0 saturated carbocycles. The molecule has 0 aromatic heterocycles. The monoisotopic (exact) mass is 220 g/mol. The molecule has 70 valence electrons. The summed E-state index contributed by atoms with van der Waals surface area (Å²) in [7, 11) is 0.720. The van der Waals surface area contributed by atoms with Crippen LogP contribution in [0.25, 0.3) is 0 Å². The Morgan fingerprint density at radius 1 is 1.75 bits per heavy atom. The van der Waals surface area contributed by atoms with Crippen LogP contribution < -0.4 is 9.30 Å². The molecule has 0 aliphatic heterocycles. The van der Waals surface area contributed by atoms with Gasteiger partial charge in [-0.2, -0.15) is 0 Å². The lowest BCUT2D eigenvalue weighted by Crippen LogP contribution is -2.34. The summed E-state index contributed by atoms with van der Waals surface area (Å²) in [5.41, 5.74) is 0. The zero-order chi connectivity index (χ0) is 9.23. The smallest absolute Gasteiger partial charge is 0.330 e. The van der Waals surface area contributed by atoms with Crippen LogP contribution in [0.2, 0.25) is 6.04 Å². The van der Waals surface area contributed by atoms with Crippen molar-refractivity contribution in [1.82, 2.24) is 9.30 Å². The predicted octanol–water partition coefficient (Wildman–Crippen LogP) is -3.32. The van der Waals surface area contributed by atoms with Gasteiger partial charge in [0.2, 0.25) is 0 Å². The van der Waals surface area contributed by atoms with E-state index in [1.165, 1.54) is 6.08 Å². The van der Waals surface area contributed by atoms with E-state index < -0.39 is 0 Å². The molecule has 12 heavy (non-hydrogen) atoms. The first kappa shape index (κ1) is 11.8. The van der Waals surface area contributed by atoms with Gasteiger partial charge in [-0.25, -0.2) is 4.79 Å². The average molecular weight is 220 g/mol. The van der Waals surface area contributed by atoms with E-state index >= 15 is 0 Å². The standard InChI is InChI=1S/C5H16N2O2Si3/c1-2-5(8)9-3-4-11-7-12-6-10/h2,6-7H,1,3-4,11-12H2,10H3. The maximum absolute atomic E-state index is 10.6. The zero-order valence-electron chi connectivity index (χ0n) is 7.43. The third-order valence-electron chi connectivity index (χ3n) is 1.21. The lowest BCUT2D eigenvalue weighted by Gasteiger charge is -2.02. The van der Waals surface area contributed by atoms with Gasteiger partial charge in [0.05, 0.1) is 26.7 Å². The molecule has 0 aromatic carbocycles. The molecule has 0 radical (unpaired) electrons. The van der Waals surface area contributed by atoms with Gasteiger partial charge in [-0.15, -0.1) is 0 Å². The Labute approximate surface area is 80.5 Å². The molecule has 0 atom stereocenters. The minimum atomic E-state index is -0.317. The van der Waals surface area contributed by atoms with E-state index in [-0.39, 0.29) is 25.5 Å². The van der Waals surface area contributed by atoms with E-state index in [0.29, 0.717) is 6.61 Å². The molecule has 0 aromatic rings. The number of nitrogens with one attached hydrogen (secondary N) is 2. The Hall–Kier alpha value is -0.219. The van der Waals surface area contributed by atoms with Crippen LogP contribution in [0, 0.1) is 0 Å². The summed E-state index contributed by atoms with van der Waals surface area (Å²) < 4.78 is 11.5. The summed E-state index contributed by atoms with van der Waals surface area (Å²) in [5.74, 6) is -0.317. The minimum Gasteiger partial charge on any atom is -0.463 e. The fraction of sp³-hybridized carbons (Fsp3) is 0.400. The maximum Gasteiger partial charge on any atom is 0.330 e. The molecule has 0 aliphatic carbocycles. The first-order valence-electron chi connectivity index (χ1n) is 3.95. The van der Waals surface area contributed by atoms with Gasteiger partial charge in [0.15, 0.2) is 9.84 Å². The molecule has 0 saturated heterocycles. The van der Waals surface area contributed by atoms with Crippen molar-refractivity contribution < 1.29 is 9.53 Å². The van der Waals surface area contributed by atoms with Crippen molar-refractivity contribution in [3.8, 4) is 0 Å². The average Bonchev–Trinajstić information content (AvgIpc) is 2.10. The molecule has 0 unspecified atom stereocenters. The number of rotatable bonds is 7. The molecular weight excluding hydrogens is 204 g/mol. The van der Waals surface area contributed by atoms with Crippen LogP contribution in [0.4, 0.5) is 0 Å². The van der Waals surface area contributed by atoms with Gasteiger partial charge in [0.1, 0.15) is 0 Å². The van der Waals surface area contributed by atoms with E-state index in [2.05, 4.69) is 15.9 Å². The molecular formula is C5H16N2O2Si3. The fourth-order valence-corrected chi connectivity index (χ4v) is 5.89. The van der Waals surface area contributed by atoms with Crippen molar-refractivity contribution in [3.05, 3.63) is 12.7 Å². The lowest BCUT2D eigenvalue weighted by molar-refractivity contribution is -0.137. The number of esters is 1. The third-order valence-corrected chi connectivity index (χ3v) is 5.68. The highest BCUT2D eigenvalue weighted by molar-refractivity contribution is 6.52. The SMILES string of the molecule is C=CC(=O)OCC[SiH2]N[SiH2]N[SiH3]. The normalized spacial score (nSPS) is 11.7. The Morgan fingerprint density at radius 2 is 2.50 bits per heavy atom. The van der Waals surface area contributed by atoms with Crippen molar-refractivity contribution in [2.75, 3.05) is 6.61 Å². The van der Waals surface area contributed by atoms with Crippen molar-refractivity contribution in [2.24, 2.45) is 0 Å². The van der Waals surface area contributed by atoms with Gasteiger partial charge in [0.25, 0.3) is 0 Å². The molecule has 0 spiro atoms. The van der Waals surface area contributed by atoms with E-state index in [4.69, 9.17) is 4.74 Å². The van der Waals surface area contributed by atoms with Crippen LogP contribution in [-0.2, 0) is 9.53 Å². The second kappa shape index (κ2) is 8.87. The van der Waals surface area contributed by atoms with Crippen LogP contribution in [0.5, 0.6) is 0 Å². The fourth-order valence-electron chi connectivity index (χ4n) is 0.642. The lowest BCUT2D eigenvalue weighted by atomic mass is 10.6. The number of hydrogen-bond donors (Lipinski definition) is 2. The number of hydrogen-bond acceptors (Lipinski definition) is 4. The van der Waals surface area contributed by atoms with Gasteiger partial charge in [-0.05, 0) is 6.04 Å². The molecule has 0 bridgehead atoms. The topological polar surface area (TPSA) is 50.4 Å². The molecule has 7 heteroatoms. The van der Waals surface area contributed by atoms with E-state index in [1.54, 1.807) is 0 Å². The Bertz CT molecular complexity index is 145. The second-order valence-electron chi connectivity index (χ2n) is 2.26. The summed E-state index contributed by atoms with van der Waals surface area (Å²) in [6.45, 7) is 3.85. The minimum absolute atomic E-state index is 0.168. The molecule has 0 heterocycles. The van der Waals surface area contributed by atoms with Crippen LogP contribution >= 0.6 is 0 Å². The first-order chi connectivity index (χ1) is 5.81. The number of carbonyl (C=O) groups excluding carboxylic acids is 1. The second-order valence-corrected chi connectivity index (χ2v) is 8.64. The van der Waals surface area contributed by atoms with E-state index in [0.717, 1.165) is 16.4 Å². The van der Waals surface area contributed by atoms with Crippen LogP contribution in [-0.4, -0.2) is 42.5 Å².